The van der Waals surface area contributed by atoms with Gasteiger partial charge >= 0.3 is 0 Å². The number of nitrogens with zero attached hydrogens (tertiary/aromatic N) is 2. The number of nitrogens with one attached hydrogen (secondary N) is 2. The van der Waals surface area contributed by atoms with E-state index in [1.165, 1.54) is 6.20 Å². The van der Waals surface area contributed by atoms with Gasteiger partial charge in [0.25, 0.3) is 5.56 Å². The molecule has 1 aromatic carbocycles. The first-order chi connectivity index (χ1) is 12.8. The highest BCUT2D eigenvalue weighted by atomic mass is 32.2. The van der Waals surface area contributed by atoms with Crippen LogP contribution in [0.5, 0.6) is 5.75 Å². The van der Waals surface area contributed by atoms with Crippen molar-refractivity contribution in [3.05, 3.63) is 46.9 Å². The number of sulfonamides is 1. The van der Waals surface area contributed by atoms with Crippen molar-refractivity contribution in [1.29, 1.82) is 0 Å². The van der Waals surface area contributed by atoms with Crippen molar-refractivity contribution in [2.75, 3.05) is 11.3 Å². The third-order valence-corrected chi connectivity index (χ3v) is 5.64. The van der Waals surface area contributed by atoms with Crippen LogP contribution >= 0.6 is 0 Å². The van der Waals surface area contributed by atoms with Gasteiger partial charge in [-0.2, -0.15) is 0 Å². The summed E-state index contributed by atoms with van der Waals surface area (Å²) < 4.78 is 32.5. The number of hydrogen-bond donors (Lipinski definition) is 2. The Kier molecular flexibility index (Phi) is 5.13. The zero-order chi connectivity index (χ0) is 19.6. The van der Waals surface area contributed by atoms with Gasteiger partial charge in [-0.1, -0.05) is 0 Å². The third kappa shape index (κ3) is 3.92. The van der Waals surface area contributed by atoms with Gasteiger partial charge in [0, 0.05) is 11.9 Å². The molecule has 0 saturated heterocycles. The summed E-state index contributed by atoms with van der Waals surface area (Å²) in [6.45, 7) is 5.42. The molecule has 27 heavy (non-hydrogen) atoms. The average Bonchev–Trinajstić information content (AvgIpc) is 2.63. The summed E-state index contributed by atoms with van der Waals surface area (Å²) in [5, 5.41) is -0.586. The van der Waals surface area contributed by atoms with Crippen LogP contribution in [0.3, 0.4) is 0 Å². The molecule has 0 atom stereocenters. The Bertz CT molecular complexity index is 1140. The predicted molar refractivity (Wildman–Crippen MR) is 104 cm³/mol. The smallest absolute Gasteiger partial charge is 0.277 e. The monoisotopic (exact) mass is 388 g/mol. The van der Waals surface area contributed by atoms with Gasteiger partial charge in [0.15, 0.2) is 5.52 Å². The molecular formula is C18H20N4O4S. The van der Waals surface area contributed by atoms with Gasteiger partial charge in [0.05, 0.1) is 22.9 Å². The van der Waals surface area contributed by atoms with Crippen LogP contribution in [0.2, 0.25) is 0 Å². The van der Waals surface area contributed by atoms with Crippen LogP contribution in [0.25, 0.3) is 22.4 Å². The fourth-order valence-corrected chi connectivity index (χ4v) is 3.14. The van der Waals surface area contributed by atoms with Crippen molar-refractivity contribution in [2.45, 2.75) is 26.0 Å². The summed E-state index contributed by atoms with van der Waals surface area (Å²) in [5.74, 6) is 0.755. The minimum absolute atomic E-state index is 0.232. The first-order valence-electron chi connectivity index (χ1n) is 8.45. The molecule has 0 aliphatic heterocycles. The van der Waals surface area contributed by atoms with Crippen LogP contribution in [-0.4, -0.2) is 35.2 Å². The lowest BCUT2D eigenvalue weighted by molar-refractivity contribution is 0.341. The molecule has 2 N–H and O–H groups in total. The molecule has 0 aliphatic carbocycles. The van der Waals surface area contributed by atoms with Crippen molar-refractivity contribution in [2.24, 2.45) is 0 Å². The van der Waals surface area contributed by atoms with Crippen LogP contribution in [0.15, 0.2) is 41.3 Å². The van der Waals surface area contributed by atoms with Gasteiger partial charge in [-0.3, -0.25) is 9.52 Å². The minimum atomic E-state index is -3.51. The van der Waals surface area contributed by atoms with Gasteiger partial charge in [0.1, 0.15) is 11.6 Å². The first-order valence-corrected chi connectivity index (χ1v) is 10.0. The summed E-state index contributed by atoms with van der Waals surface area (Å²) in [6.07, 6.45) is 1.52. The largest absolute Gasteiger partial charge is 0.493 e. The molecule has 3 aromatic rings. The number of hydrogen-bond acceptors (Lipinski definition) is 6. The molecule has 0 amide bonds. The van der Waals surface area contributed by atoms with Crippen molar-refractivity contribution in [3.8, 4) is 17.1 Å². The van der Waals surface area contributed by atoms with E-state index in [2.05, 4.69) is 19.7 Å². The van der Waals surface area contributed by atoms with Gasteiger partial charge in [0.2, 0.25) is 10.0 Å². The zero-order valence-electron chi connectivity index (χ0n) is 15.2. The highest BCUT2D eigenvalue weighted by molar-refractivity contribution is 7.93. The molecule has 0 unspecified atom stereocenters. The van der Waals surface area contributed by atoms with E-state index < -0.39 is 15.3 Å². The van der Waals surface area contributed by atoms with E-state index in [1.807, 2.05) is 6.92 Å². The van der Waals surface area contributed by atoms with E-state index >= 15 is 0 Å². The number of ether oxygens (including phenoxy) is 1. The summed E-state index contributed by atoms with van der Waals surface area (Å²) >= 11 is 0. The molecule has 0 saturated carbocycles. The van der Waals surface area contributed by atoms with Crippen molar-refractivity contribution in [1.82, 2.24) is 15.0 Å². The molecule has 8 nitrogen and oxygen atoms in total. The lowest BCUT2D eigenvalue weighted by Crippen LogP contribution is -2.22. The standard InChI is InChI=1S/C18H20N4O4S/c1-4-26-15-8-7-12(22-27(24,25)11(2)3)10-13(15)17-20-14-6-5-9-19-16(14)18(23)21-17/h5-11,22H,4H2,1-3H3,(H,20,21,23). The molecular weight excluding hydrogens is 368 g/mol. The lowest BCUT2D eigenvalue weighted by Gasteiger charge is -2.14. The van der Waals surface area contributed by atoms with E-state index in [4.69, 9.17) is 4.74 Å². The van der Waals surface area contributed by atoms with Crippen LogP contribution in [-0.2, 0) is 10.0 Å². The molecule has 0 radical (unpaired) electrons. The van der Waals surface area contributed by atoms with Crippen LogP contribution in [0.1, 0.15) is 20.8 Å². The number of pyridine rings is 1. The highest BCUT2D eigenvalue weighted by Crippen LogP contribution is 2.31. The number of rotatable bonds is 6. The number of H-pyrrole nitrogens is 1. The van der Waals surface area contributed by atoms with E-state index in [0.29, 0.717) is 29.1 Å². The third-order valence-electron chi connectivity index (χ3n) is 3.88. The topological polar surface area (TPSA) is 114 Å². The molecule has 0 bridgehead atoms. The van der Waals surface area contributed by atoms with Crippen LogP contribution in [0.4, 0.5) is 5.69 Å². The highest BCUT2D eigenvalue weighted by Gasteiger charge is 2.18. The number of aromatic amines is 1. The van der Waals surface area contributed by atoms with Gasteiger partial charge in [-0.15, -0.1) is 0 Å². The van der Waals surface area contributed by atoms with Crippen molar-refractivity contribution >= 4 is 26.7 Å². The van der Waals surface area contributed by atoms with Gasteiger partial charge in [-0.25, -0.2) is 18.4 Å². The fraction of sp³-hybridized carbons (Fsp3) is 0.278. The molecule has 2 heterocycles. The summed E-state index contributed by atoms with van der Waals surface area (Å²) in [5.41, 5.74) is 1.12. The minimum Gasteiger partial charge on any atom is -0.493 e. The molecule has 9 heteroatoms. The molecule has 2 aromatic heterocycles. The maximum absolute atomic E-state index is 12.3. The summed E-state index contributed by atoms with van der Waals surface area (Å²) in [4.78, 5) is 23.5. The fourth-order valence-electron chi connectivity index (χ4n) is 2.45. The molecule has 0 fully saturated rings. The van der Waals surface area contributed by atoms with E-state index in [0.717, 1.165) is 0 Å². The Morgan fingerprint density at radius 2 is 2.04 bits per heavy atom. The Labute approximate surface area is 156 Å². The van der Waals surface area contributed by atoms with Crippen molar-refractivity contribution in [3.63, 3.8) is 0 Å². The molecule has 142 valence electrons. The molecule has 0 spiro atoms. The SMILES string of the molecule is CCOc1ccc(NS(=O)(=O)C(C)C)cc1-c1nc2cccnc2c(=O)[nH]1. The second-order valence-corrected chi connectivity index (χ2v) is 8.36. The Balaban J connectivity index is 2.15. The second-order valence-electron chi connectivity index (χ2n) is 6.13. The van der Waals surface area contributed by atoms with E-state index in [9.17, 15) is 13.2 Å². The summed E-state index contributed by atoms with van der Waals surface area (Å²) in [7, 11) is -3.51. The normalized spacial score (nSPS) is 11.7. The van der Waals surface area contributed by atoms with Crippen LogP contribution in [0, 0.1) is 0 Å². The number of benzene rings is 1. The first kappa shape index (κ1) is 18.8. The second kappa shape index (κ2) is 7.36. The Morgan fingerprint density at radius 1 is 1.26 bits per heavy atom. The summed E-state index contributed by atoms with van der Waals surface area (Å²) in [6, 6.07) is 8.22. The maximum atomic E-state index is 12.3. The number of anilines is 1. The number of fused-ring (bicyclic) bond motifs is 1. The van der Waals surface area contributed by atoms with E-state index in [1.54, 1.807) is 44.2 Å². The van der Waals surface area contributed by atoms with Crippen molar-refractivity contribution < 1.29 is 13.2 Å². The Hall–Kier alpha value is -2.94. The Morgan fingerprint density at radius 3 is 2.74 bits per heavy atom. The van der Waals surface area contributed by atoms with Gasteiger partial charge < -0.3 is 9.72 Å². The zero-order valence-corrected chi connectivity index (χ0v) is 16.0. The maximum Gasteiger partial charge on any atom is 0.277 e. The predicted octanol–water partition coefficient (Wildman–Crippen LogP) is 2.53. The van der Waals surface area contributed by atoms with E-state index in [-0.39, 0.29) is 16.9 Å². The van der Waals surface area contributed by atoms with Gasteiger partial charge in [-0.05, 0) is 51.1 Å². The lowest BCUT2D eigenvalue weighted by atomic mass is 10.1. The van der Waals surface area contributed by atoms with Crippen LogP contribution < -0.4 is 15.0 Å². The quantitative estimate of drug-likeness (QED) is 0.671. The number of aromatic nitrogens is 3. The molecule has 3 rings (SSSR count). The molecule has 0 aliphatic rings. The average molecular weight is 388 g/mol.